The van der Waals surface area contributed by atoms with Crippen molar-refractivity contribution in [2.24, 2.45) is 0 Å². The van der Waals surface area contributed by atoms with Gasteiger partial charge in [-0.1, -0.05) is 28.1 Å². The van der Waals surface area contributed by atoms with Crippen LogP contribution in [0.25, 0.3) is 0 Å². The van der Waals surface area contributed by atoms with E-state index >= 15 is 0 Å². The summed E-state index contributed by atoms with van der Waals surface area (Å²) in [6.45, 7) is 1.75. The van der Waals surface area contributed by atoms with Crippen LogP contribution in [0.15, 0.2) is 28.7 Å². The first kappa shape index (κ1) is 14.7. The maximum Gasteiger partial charge on any atom is 0.151 e. The molecule has 0 fully saturated rings. The Balaban J connectivity index is 2.80. The summed E-state index contributed by atoms with van der Waals surface area (Å²) in [5, 5.41) is 2.69. The number of likely N-dealkylation sites (N-methyl/N-ethyl adjacent to an activating group) is 1. The third-order valence-electron chi connectivity index (χ3n) is 2.98. The molecule has 2 unspecified atom stereocenters. The van der Waals surface area contributed by atoms with Gasteiger partial charge < -0.3 is 5.32 Å². The number of benzene rings is 1. The predicted octanol–water partition coefficient (Wildman–Crippen LogP) is 2.01. The van der Waals surface area contributed by atoms with E-state index in [-0.39, 0.29) is 6.04 Å². The Hall–Kier alpha value is -0.390. The number of sulfone groups is 1. The van der Waals surface area contributed by atoms with E-state index < -0.39 is 15.1 Å². The largest absolute Gasteiger partial charge is 0.315 e. The lowest BCUT2D eigenvalue weighted by atomic mass is 10.0. The zero-order valence-corrected chi connectivity index (χ0v) is 12.7. The average molecular weight is 320 g/mol. The lowest BCUT2D eigenvalue weighted by Gasteiger charge is -2.22. The first-order valence-corrected chi connectivity index (χ1v) is 8.20. The molecule has 0 bridgehead atoms. The molecule has 0 aliphatic heterocycles. The number of nitrogens with one attached hydrogen (secondary N) is 1. The van der Waals surface area contributed by atoms with Crippen LogP contribution < -0.4 is 5.32 Å². The molecule has 1 rings (SSSR count). The topological polar surface area (TPSA) is 46.2 Å². The van der Waals surface area contributed by atoms with Gasteiger partial charge in [0.05, 0.1) is 5.25 Å². The van der Waals surface area contributed by atoms with Crippen LogP contribution >= 0.6 is 15.9 Å². The highest BCUT2D eigenvalue weighted by atomic mass is 79.9. The zero-order valence-electron chi connectivity index (χ0n) is 10.3. The van der Waals surface area contributed by atoms with Crippen LogP contribution in [-0.4, -0.2) is 33.0 Å². The molecule has 0 amide bonds. The number of hydrogen-bond acceptors (Lipinski definition) is 3. The van der Waals surface area contributed by atoms with E-state index in [4.69, 9.17) is 0 Å². The van der Waals surface area contributed by atoms with Crippen LogP contribution in [0.1, 0.15) is 12.5 Å². The van der Waals surface area contributed by atoms with E-state index in [1.54, 1.807) is 14.0 Å². The van der Waals surface area contributed by atoms with Gasteiger partial charge in [0, 0.05) is 16.8 Å². The number of rotatable bonds is 5. The Bertz CT molecular complexity index is 456. The van der Waals surface area contributed by atoms with Gasteiger partial charge in [0.15, 0.2) is 9.84 Å². The maximum absolute atomic E-state index is 11.5. The number of hydrogen-bond donors (Lipinski definition) is 1. The summed E-state index contributed by atoms with van der Waals surface area (Å²) < 4.78 is 24.1. The van der Waals surface area contributed by atoms with Gasteiger partial charge in [0.2, 0.25) is 0 Å². The van der Waals surface area contributed by atoms with Crippen LogP contribution in [0.5, 0.6) is 0 Å². The van der Waals surface area contributed by atoms with Crippen molar-refractivity contribution in [2.45, 2.75) is 24.6 Å². The third kappa shape index (κ3) is 4.41. The molecule has 5 heteroatoms. The summed E-state index contributed by atoms with van der Waals surface area (Å²) in [5.74, 6) is 0. The van der Waals surface area contributed by atoms with Crippen molar-refractivity contribution in [1.82, 2.24) is 5.32 Å². The molecule has 1 N–H and O–H groups in total. The first-order valence-electron chi connectivity index (χ1n) is 5.45. The fourth-order valence-corrected chi connectivity index (χ4v) is 2.77. The van der Waals surface area contributed by atoms with Gasteiger partial charge in [-0.25, -0.2) is 8.42 Å². The highest BCUT2D eigenvalue weighted by Gasteiger charge is 2.24. The summed E-state index contributed by atoms with van der Waals surface area (Å²) in [6, 6.07) is 7.87. The van der Waals surface area contributed by atoms with Crippen molar-refractivity contribution in [3.63, 3.8) is 0 Å². The SMILES string of the molecule is CNC(Cc1ccc(Br)cc1)C(C)S(C)(=O)=O. The van der Waals surface area contributed by atoms with Crippen molar-refractivity contribution >= 4 is 25.8 Å². The van der Waals surface area contributed by atoms with Crippen LogP contribution in [-0.2, 0) is 16.3 Å². The Morgan fingerprint density at radius 3 is 2.24 bits per heavy atom. The molecule has 96 valence electrons. The van der Waals surface area contributed by atoms with Gasteiger partial charge in [-0.3, -0.25) is 0 Å². The molecule has 0 aliphatic carbocycles. The molecule has 17 heavy (non-hydrogen) atoms. The van der Waals surface area contributed by atoms with Crippen molar-refractivity contribution in [3.05, 3.63) is 34.3 Å². The molecule has 0 saturated heterocycles. The Morgan fingerprint density at radius 1 is 1.29 bits per heavy atom. The fourth-order valence-electron chi connectivity index (χ4n) is 1.68. The standard InChI is InChI=1S/C12H18BrNO2S/c1-9(17(3,15)16)12(14-2)8-10-4-6-11(13)7-5-10/h4-7,9,12,14H,8H2,1-3H3. The second-order valence-corrected chi connectivity index (χ2v) is 7.58. The molecule has 0 heterocycles. The highest BCUT2D eigenvalue weighted by molar-refractivity contribution is 9.10. The van der Waals surface area contributed by atoms with Gasteiger partial charge >= 0.3 is 0 Å². The van der Waals surface area contributed by atoms with E-state index in [2.05, 4.69) is 21.2 Å². The summed E-state index contributed by atoms with van der Waals surface area (Å²) >= 11 is 3.38. The smallest absolute Gasteiger partial charge is 0.151 e. The molecule has 2 atom stereocenters. The molecule has 0 radical (unpaired) electrons. The summed E-state index contributed by atoms with van der Waals surface area (Å²) in [7, 11) is -1.22. The summed E-state index contributed by atoms with van der Waals surface area (Å²) in [4.78, 5) is 0. The van der Waals surface area contributed by atoms with Crippen LogP contribution in [0.2, 0.25) is 0 Å². The van der Waals surface area contributed by atoms with E-state index in [1.165, 1.54) is 6.26 Å². The number of halogens is 1. The van der Waals surface area contributed by atoms with Gasteiger partial charge in [-0.05, 0) is 38.1 Å². The molecule has 0 aliphatic rings. The molecular weight excluding hydrogens is 302 g/mol. The quantitative estimate of drug-likeness (QED) is 0.903. The van der Waals surface area contributed by atoms with E-state index in [0.717, 1.165) is 10.0 Å². The average Bonchev–Trinajstić information content (AvgIpc) is 2.26. The fraction of sp³-hybridized carbons (Fsp3) is 0.500. The summed E-state index contributed by atoms with van der Waals surface area (Å²) in [6.07, 6.45) is 1.99. The van der Waals surface area contributed by atoms with Crippen molar-refractivity contribution in [3.8, 4) is 0 Å². The van der Waals surface area contributed by atoms with E-state index in [0.29, 0.717) is 6.42 Å². The minimum Gasteiger partial charge on any atom is -0.315 e. The molecular formula is C12H18BrNO2S. The Kier molecular flexibility index (Phi) is 5.16. The monoisotopic (exact) mass is 319 g/mol. The van der Waals surface area contributed by atoms with Crippen LogP contribution in [0.4, 0.5) is 0 Å². The van der Waals surface area contributed by atoms with Crippen LogP contribution in [0.3, 0.4) is 0 Å². The first-order chi connectivity index (χ1) is 7.84. The molecule has 0 spiro atoms. The van der Waals surface area contributed by atoms with E-state index in [9.17, 15) is 8.42 Å². The molecule has 0 aromatic heterocycles. The predicted molar refractivity (Wildman–Crippen MR) is 75.0 cm³/mol. The van der Waals surface area contributed by atoms with Crippen molar-refractivity contribution in [1.29, 1.82) is 0 Å². The highest BCUT2D eigenvalue weighted by Crippen LogP contribution is 2.14. The van der Waals surface area contributed by atoms with Crippen LogP contribution in [0, 0.1) is 0 Å². The lowest BCUT2D eigenvalue weighted by molar-refractivity contribution is 0.516. The van der Waals surface area contributed by atoms with E-state index in [1.807, 2.05) is 24.3 Å². The minimum atomic E-state index is -3.01. The normalized spacial score (nSPS) is 15.5. The third-order valence-corrected chi connectivity index (χ3v) is 5.19. The second kappa shape index (κ2) is 5.98. The molecule has 3 nitrogen and oxygen atoms in total. The van der Waals surface area contributed by atoms with Crippen molar-refractivity contribution in [2.75, 3.05) is 13.3 Å². The minimum absolute atomic E-state index is 0.0637. The van der Waals surface area contributed by atoms with Gasteiger partial charge in [-0.2, -0.15) is 0 Å². The lowest BCUT2D eigenvalue weighted by Crippen LogP contribution is -2.41. The Morgan fingerprint density at radius 2 is 1.82 bits per heavy atom. The van der Waals surface area contributed by atoms with Crippen molar-refractivity contribution < 1.29 is 8.42 Å². The maximum atomic E-state index is 11.5. The van der Waals surface area contributed by atoms with Gasteiger partial charge in [0.1, 0.15) is 0 Å². The Labute approximate surface area is 112 Å². The van der Waals surface area contributed by atoms with Gasteiger partial charge in [0.25, 0.3) is 0 Å². The second-order valence-electron chi connectivity index (χ2n) is 4.26. The molecule has 1 aromatic rings. The molecule has 0 saturated carbocycles. The van der Waals surface area contributed by atoms with Gasteiger partial charge in [-0.15, -0.1) is 0 Å². The zero-order chi connectivity index (χ0) is 13.1. The molecule has 1 aromatic carbocycles. The summed E-state index contributed by atoms with van der Waals surface area (Å²) in [5.41, 5.74) is 1.13.